The van der Waals surface area contributed by atoms with E-state index in [1.165, 1.54) is 14.2 Å². The molecule has 0 spiro atoms. The molecular formula is C22H33N5O9. The second-order valence-electron chi connectivity index (χ2n) is 9.01. The van der Waals surface area contributed by atoms with E-state index >= 15 is 0 Å². The first-order valence-corrected chi connectivity index (χ1v) is 11.3. The van der Waals surface area contributed by atoms with E-state index in [1.807, 2.05) is 13.8 Å². The van der Waals surface area contributed by atoms with Gasteiger partial charge >= 0.3 is 0 Å². The number of ketones is 1. The number of methoxy groups -OCH3 is 2. The molecule has 0 radical (unpaired) electrons. The number of nitrogens with one attached hydrogen (secondary N) is 3. The van der Waals surface area contributed by atoms with Crippen LogP contribution >= 0.6 is 0 Å². The Kier molecular flexibility index (Phi) is 10.1. The van der Waals surface area contributed by atoms with Crippen LogP contribution in [0.15, 0.2) is 10.6 Å². The van der Waals surface area contributed by atoms with Gasteiger partial charge in [-0.3, -0.25) is 24.0 Å². The monoisotopic (exact) mass is 511 g/mol. The predicted molar refractivity (Wildman–Crippen MR) is 123 cm³/mol. The van der Waals surface area contributed by atoms with Gasteiger partial charge in [-0.15, -0.1) is 0 Å². The molecule has 36 heavy (non-hydrogen) atoms. The van der Waals surface area contributed by atoms with Gasteiger partial charge in [0, 0.05) is 20.3 Å². The molecular weight excluding hydrogens is 478 g/mol. The topological polar surface area (TPSA) is 204 Å². The number of Topliss-reactive ketones (excluding diaryl/α,β-unsaturated/α-hetero) is 1. The summed E-state index contributed by atoms with van der Waals surface area (Å²) >= 11 is 0. The maximum atomic E-state index is 13.0. The van der Waals surface area contributed by atoms with Crippen LogP contribution in [0, 0.1) is 5.92 Å². The number of aromatic nitrogens is 1. The molecule has 4 amide bonds. The highest BCUT2D eigenvalue weighted by molar-refractivity contribution is 6.00. The molecule has 2 rings (SSSR count). The summed E-state index contributed by atoms with van der Waals surface area (Å²) in [5.41, 5.74) is 3.86. The van der Waals surface area contributed by atoms with Crippen LogP contribution in [0.3, 0.4) is 0 Å². The average Bonchev–Trinajstić information content (AvgIpc) is 3.35. The van der Waals surface area contributed by atoms with E-state index in [-0.39, 0.29) is 43.0 Å². The van der Waals surface area contributed by atoms with Gasteiger partial charge in [0.2, 0.25) is 17.6 Å². The third kappa shape index (κ3) is 7.83. The predicted octanol–water partition coefficient (Wildman–Crippen LogP) is -1.46. The molecule has 0 aromatic carbocycles. The zero-order valence-electron chi connectivity index (χ0n) is 20.9. The molecule has 1 aliphatic rings. The molecule has 1 saturated heterocycles. The summed E-state index contributed by atoms with van der Waals surface area (Å²) in [5.74, 6) is -3.64. The van der Waals surface area contributed by atoms with Gasteiger partial charge in [0.1, 0.15) is 17.7 Å². The highest BCUT2D eigenvalue weighted by Gasteiger charge is 2.50. The second kappa shape index (κ2) is 12.6. The van der Waals surface area contributed by atoms with Crippen molar-refractivity contribution in [1.82, 2.24) is 21.1 Å². The standard InChI is InChI=1S/C22H33N5O9/c1-11(2)6-12(17(28)22(3)10-35-22)24-20(31)14(8-33-4)26-21(32)15(9-34-5)25-19(30)13-7-16(18(23)29)36-27-13/h7,11-12,14-15H,6,8-10H2,1-5H3,(H2,23,29)(H,24,31)(H,25,30)(H,26,32)/t12-,14-,15-,22-/m0/s1. The lowest BCUT2D eigenvalue weighted by Crippen LogP contribution is -2.58. The number of epoxide rings is 1. The Hall–Kier alpha value is -3.36. The number of ether oxygens (including phenoxy) is 3. The maximum absolute atomic E-state index is 13.0. The lowest BCUT2D eigenvalue weighted by Gasteiger charge is -2.26. The zero-order chi connectivity index (χ0) is 27.0. The number of nitrogens with zero attached hydrogens (tertiary/aromatic N) is 1. The molecule has 14 heteroatoms. The van der Waals surface area contributed by atoms with Crippen molar-refractivity contribution in [3.05, 3.63) is 17.5 Å². The van der Waals surface area contributed by atoms with E-state index in [0.717, 1.165) is 6.07 Å². The van der Waals surface area contributed by atoms with Crippen molar-refractivity contribution in [3.63, 3.8) is 0 Å². The summed E-state index contributed by atoms with van der Waals surface area (Å²) in [6.07, 6.45) is 0.379. The molecule has 1 aliphatic heterocycles. The Morgan fingerprint density at radius 1 is 1.03 bits per heavy atom. The molecule has 0 aliphatic carbocycles. The van der Waals surface area contributed by atoms with Gasteiger partial charge in [-0.05, 0) is 19.3 Å². The summed E-state index contributed by atoms with van der Waals surface area (Å²) in [6.45, 7) is 5.31. The number of carbonyl (C=O) groups is 5. The molecule has 0 unspecified atom stereocenters. The van der Waals surface area contributed by atoms with Gasteiger partial charge in [-0.2, -0.15) is 0 Å². The number of hydrogen-bond donors (Lipinski definition) is 4. The minimum Gasteiger partial charge on any atom is -0.382 e. The lowest BCUT2D eigenvalue weighted by atomic mass is 9.93. The Labute approximate surface area is 207 Å². The van der Waals surface area contributed by atoms with Crippen LogP contribution in [0.2, 0.25) is 0 Å². The van der Waals surface area contributed by atoms with Gasteiger partial charge in [-0.1, -0.05) is 19.0 Å². The van der Waals surface area contributed by atoms with Crippen molar-refractivity contribution in [3.8, 4) is 0 Å². The smallest absolute Gasteiger partial charge is 0.287 e. The first kappa shape index (κ1) is 28.9. The molecule has 1 fully saturated rings. The fraction of sp³-hybridized carbons (Fsp3) is 0.636. The molecule has 0 bridgehead atoms. The van der Waals surface area contributed by atoms with E-state index in [0.29, 0.717) is 6.42 Å². The first-order chi connectivity index (χ1) is 16.9. The fourth-order valence-electron chi connectivity index (χ4n) is 3.30. The summed E-state index contributed by atoms with van der Waals surface area (Å²) < 4.78 is 20.0. The highest BCUT2D eigenvalue weighted by Crippen LogP contribution is 2.29. The minimum atomic E-state index is -1.24. The molecule has 14 nitrogen and oxygen atoms in total. The van der Waals surface area contributed by atoms with E-state index in [2.05, 4.69) is 25.6 Å². The highest BCUT2D eigenvalue weighted by atomic mass is 16.6. The molecule has 1 aromatic heterocycles. The third-order valence-electron chi connectivity index (χ3n) is 5.35. The Morgan fingerprint density at radius 3 is 2.00 bits per heavy atom. The molecule has 4 atom stereocenters. The number of carbonyl (C=O) groups excluding carboxylic acids is 5. The largest absolute Gasteiger partial charge is 0.382 e. The van der Waals surface area contributed by atoms with Crippen LogP contribution in [0.25, 0.3) is 0 Å². The van der Waals surface area contributed by atoms with Gasteiger partial charge in [0.25, 0.3) is 11.8 Å². The van der Waals surface area contributed by atoms with Crippen LogP contribution in [-0.4, -0.2) is 92.3 Å². The van der Waals surface area contributed by atoms with Crippen LogP contribution < -0.4 is 21.7 Å². The summed E-state index contributed by atoms with van der Waals surface area (Å²) in [7, 11) is 2.66. The lowest BCUT2D eigenvalue weighted by molar-refractivity contribution is -0.134. The molecule has 2 heterocycles. The third-order valence-corrected chi connectivity index (χ3v) is 5.35. The fourth-order valence-corrected chi connectivity index (χ4v) is 3.30. The maximum Gasteiger partial charge on any atom is 0.287 e. The second-order valence-corrected chi connectivity index (χ2v) is 9.01. The van der Waals surface area contributed by atoms with E-state index in [4.69, 9.17) is 19.9 Å². The molecule has 5 N–H and O–H groups in total. The van der Waals surface area contributed by atoms with Crippen molar-refractivity contribution in [2.75, 3.05) is 34.0 Å². The van der Waals surface area contributed by atoms with Crippen LogP contribution in [0.4, 0.5) is 0 Å². The van der Waals surface area contributed by atoms with Crippen molar-refractivity contribution >= 4 is 29.4 Å². The quantitative estimate of drug-likeness (QED) is 0.201. The normalized spacial score (nSPS) is 19.2. The van der Waals surface area contributed by atoms with Crippen molar-refractivity contribution in [2.24, 2.45) is 11.7 Å². The summed E-state index contributed by atoms with van der Waals surface area (Å²) in [5, 5.41) is 11.0. The van der Waals surface area contributed by atoms with Gasteiger partial charge in [0.15, 0.2) is 11.5 Å². The Bertz CT molecular complexity index is 973. The SMILES string of the molecule is COC[C@H](NC(=O)c1cc(C(N)=O)on1)C(=O)N[C@@H](COC)C(=O)N[C@@H](CC(C)C)C(=O)[C@]1(C)CO1. The van der Waals surface area contributed by atoms with Crippen molar-refractivity contribution < 1.29 is 42.7 Å². The van der Waals surface area contributed by atoms with Crippen LogP contribution in [0.5, 0.6) is 0 Å². The Balaban J connectivity index is 2.10. The van der Waals surface area contributed by atoms with E-state index < -0.39 is 47.4 Å². The van der Waals surface area contributed by atoms with Crippen LogP contribution in [0.1, 0.15) is 48.2 Å². The van der Waals surface area contributed by atoms with Gasteiger partial charge in [-0.25, -0.2) is 0 Å². The number of amides is 4. The van der Waals surface area contributed by atoms with Crippen molar-refractivity contribution in [1.29, 1.82) is 0 Å². The van der Waals surface area contributed by atoms with Crippen LogP contribution in [-0.2, 0) is 28.6 Å². The van der Waals surface area contributed by atoms with E-state index in [9.17, 15) is 24.0 Å². The summed E-state index contributed by atoms with van der Waals surface area (Å²) in [6, 6.07) is -2.21. The Morgan fingerprint density at radius 2 is 1.56 bits per heavy atom. The molecule has 0 saturated carbocycles. The first-order valence-electron chi connectivity index (χ1n) is 11.3. The number of nitrogens with two attached hydrogens (primary N) is 1. The van der Waals surface area contributed by atoms with E-state index in [1.54, 1.807) is 6.92 Å². The number of rotatable bonds is 15. The zero-order valence-corrected chi connectivity index (χ0v) is 20.9. The summed E-state index contributed by atoms with van der Waals surface area (Å²) in [4.78, 5) is 62.4. The molecule has 200 valence electrons. The van der Waals surface area contributed by atoms with Gasteiger partial charge < -0.3 is 40.4 Å². The average molecular weight is 512 g/mol. The van der Waals surface area contributed by atoms with Gasteiger partial charge in [0.05, 0.1) is 25.9 Å². The number of primary amides is 1. The number of hydrogen-bond acceptors (Lipinski definition) is 10. The minimum absolute atomic E-state index is 0.102. The molecule has 1 aromatic rings. The van der Waals surface area contributed by atoms with Crippen molar-refractivity contribution in [2.45, 2.75) is 50.9 Å².